The lowest BCUT2D eigenvalue weighted by molar-refractivity contribution is -0.218. The summed E-state index contributed by atoms with van der Waals surface area (Å²) in [5, 5.41) is 15.7. The van der Waals surface area contributed by atoms with Crippen LogP contribution < -0.4 is 5.11 Å². The van der Waals surface area contributed by atoms with Crippen LogP contribution in [-0.2, 0) is 16.4 Å². The van der Waals surface area contributed by atoms with Crippen LogP contribution in [-0.4, -0.2) is 19.3 Å². The molecule has 0 atom stereocenters. The van der Waals surface area contributed by atoms with Crippen LogP contribution in [0.5, 0.6) is 0 Å². The van der Waals surface area contributed by atoms with Crippen molar-refractivity contribution in [1.82, 2.24) is 4.98 Å². The van der Waals surface area contributed by atoms with Crippen molar-refractivity contribution in [1.29, 1.82) is 0 Å². The summed E-state index contributed by atoms with van der Waals surface area (Å²) in [5.74, 6) is -0.658. The molecule has 0 aliphatic heterocycles. The number of pyridine rings is 1. The summed E-state index contributed by atoms with van der Waals surface area (Å²) in [5.41, 5.74) is 5.58. The Kier molecular flexibility index (Phi) is 7.69. The van der Waals surface area contributed by atoms with Gasteiger partial charge in [-0.3, -0.25) is 0 Å². The second kappa shape index (κ2) is 11.3. The van der Waals surface area contributed by atoms with E-state index in [0.717, 1.165) is 50.2 Å². The first-order chi connectivity index (χ1) is 18.4. The van der Waals surface area contributed by atoms with Gasteiger partial charge in [-0.05, 0) is 82.8 Å². The highest BCUT2D eigenvalue weighted by Gasteiger charge is 2.13. The van der Waals surface area contributed by atoms with Gasteiger partial charge >= 0.3 is 0 Å². The van der Waals surface area contributed by atoms with Crippen LogP contribution in [0, 0.1) is 0 Å². The average Bonchev–Trinajstić information content (AvgIpc) is 3.47. The second-order valence-electron chi connectivity index (χ2n) is 8.58. The van der Waals surface area contributed by atoms with Gasteiger partial charge in [-0.2, -0.15) is 12.8 Å². The van der Waals surface area contributed by atoms with E-state index in [1.165, 1.54) is 6.07 Å². The molecule has 0 saturated heterocycles. The number of halogens is 1. The fourth-order valence-corrected chi connectivity index (χ4v) is 6.17. The quantitative estimate of drug-likeness (QED) is 0.154. The Hall–Kier alpha value is -3.78. The molecular formula is C30H22ClN2O3S2-. The van der Waals surface area contributed by atoms with Crippen molar-refractivity contribution in [2.45, 2.75) is 17.1 Å². The van der Waals surface area contributed by atoms with E-state index in [2.05, 4.69) is 15.4 Å². The third-order valence-electron chi connectivity index (χ3n) is 5.92. The molecule has 0 saturated carbocycles. The number of hydrogen-bond acceptors (Lipinski definition) is 5. The monoisotopic (exact) mass is 557 g/mol. The molecule has 0 fully saturated rings. The molecule has 190 valence electrons. The fourth-order valence-electron chi connectivity index (χ4n) is 4.09. The molecular weight excluding hydrogens is 536 g/mol. The van der Waals surface area contributed by atoms with Gasteiger partial charge in [-0.25, -0.2) is 4.98 Å². The van der Waals surface area contributed by atoms with E-state index in [1.54, 1.807) is 11.4 Å². The minimum Gasteiger partial charge on any atom is -0.861 e. The van der Waals surface area contributed by atoms with E-state index in [1.807, 2.05) is 84.9 Å². The van der Waals surface area contributed by atoms with E-state index in [4.69, 9.17) is 11.6 Å². The smallest absolute Gasteiger partial charge is 0.290 e. The summed E-state index contributed by atoms with van der Waals surface area (Å²) in [6, 6.07) is 28.6. The van der Waals surface area contributed by atoms with Crippen LogP contribution in [0.3, 0.4) is 0 Å². The first-order valence-electron chi connectivity index (χ1n) is 11.8. The largest absolute Gasteiger partial charge is 0.861 e. The SMILES string of the molecule is O=S(=O)(/N=C(\[O-])CCc1ccccc1-c1cccc(/C=C/c2ccc3ccc(Cl)cc3n2)c1)c1cccs1. The molecule has 0 amide bonds. The van der Waals surface area contributed by atoms with Crippen LogP contribution >= 0.6 is 22.9 Å². The van der Waals surface area contributed by atoms with Crippen molar-refractivity contribution in [2.75, 3.05) is 0 Å². The number of nitrogens with zero attached hydrogens (tertiary/aromatic N) is 2. The van der Waals surface area contributed by atoms with E-state index in [-0.39, 0.29) is 10.6 Å². The van der Waals surface area contributed by atoms with Crippen molar-refractivity contribution in [2.24, 2.45) is 4.40 Å². The maximum absolute atomic E-state index is 12.4. The third-order valence-corrected chi connectivity index (χ3v) is 8.82. The Morgan fingerprint density at radius 3 is 2.63 bits per heavy atom. The van der Waals surface area contributed by atoms with Crippen LogP contribution in [0.2, 0.25) is 5.02 Å². The van der Waals surface area contributed by atoms with Crippen molar-refractivity contribution >= 4 is 61.9 Å². The van der Waals surface area contributed by atoms with Crippen LogP contribution in [0.1, 0.15) is 23.2 Å². The molecule has 5 nitrogen and oxygen atoms in total. The van der Waals surface area contributed by atoms with Gasteiger partial charge < -0.3 is 5.11 Å². The number of thiophene rings is 1. The summed E-state index contributed by atoms with van der Waals surface area (Å²) in [7, 11) is -3.96. The van der Waals surface area contributed by atoms with E-state index in [0.29, 0.717) is 11.4 Å². The summed E-state index contributed by atoms with van der Waals surface area (Å²) in [6.45, 7) is 0. The minimum absolute atomic E-state index is 0.00113. The number of benzene rings is 3. The lowest BCUT2D eigenvalue weighted by atomic mass is 9.95. The molecule has 3 aromatic carbocycles. The predicted molar refractivity (Wildman–Crippen MR) is 155 cm³/mol. The van der Waals surface area contributed by atoms with Gasteiger partial charge in [0.05, 0.1) is 11.2 Å². The number of rotatable bonds is 8. The molecule has 0 radical (unpaired) electrons. The maximum atomic E-state index is 12.4. The molecule has 2 aromatic heterocycles. The molecule has 0 unspecified atom stereocenters. The first-order valence-corrected chi connectivity index (χ1v) is 14.5. The summed E-state index contributed by atoms with van der Waals surface area (Å²) in [4.78, 5) is 4.67. The zero-order valence-corrected chi connectivity index (χ0v) is 22.5. The highest BCUT2D eigenvalue weighted by molar-refractivity contribution is 7.92. The van der Waals surface area contributed by atoms with Gasteiger partial charge in [0, 0.05) is 10.4 Å². The predicted octanol–water partition coefficient (Wildman–Crippen LogP) is 6.87. The normalized spacial score (nSPS) is 12.4. The number of fused-ring (bicyclic) bond motifs is 1. The Labute approximate surface area is 230 Å². The zero-order chi connectivity index (χ0) is 26.5. The molecule has 0 aliphatic carbocycles. The number of aryl methyl sites for hydroxylation is 1. The molecule has 0 aliphatic rings. The van der Waals surface area contributed by atoms with Crippen LogP contribution in [0.4, 0.5) is 0 Å². The first kappa shape index (κ1) is 25.9. The van der Waals surface area contributed by atoms with E-state index in [9.17, 15) is 13.5 Å². The highest BCUT2D eigenvalue weighted by Crippen LogP contribution is 2.27. The highest BCUT2D eigenvalue weighted by atomic mass is 35.5. The second-order valence-corrected chi connectivity index (χ2v) is 11.8. The topological polar surface area (TPSA) is 82.5 Å². The molecule has 0 N–H and O–H groups in total. The number of hydrogen-bond donors (Lipinski definition) is 0. The third kappa shape index (κ3) is 6.19. The number of sulfonamides is 1. The molecule has 5 rings (SSSR count). The van der Waals surface area contributed by atoms with Crippen LogP contribution in [0.15, 0.2) is 105 Å². The van der Waals surface area contributed by atoms with Crippen molar-refractivity contribution < 1.29 is 13.5 Å². The molecule has 5 aromatic rings. The van der Waals surface area contributed by atoms with Gasteiger partial charge in [0.2, 0.25) is 0 Å². The van der Waals surface area contributed by atoms with Crippen LogP contribution in [0.25, 0.3) is 34.2 Å². The van der Waals surface area contributed by atoms with Gasteiger partial charge in [0.1, 0.15) is 4.21 Å². The maximum Gasteiger partial charge on any atom is 0.290 e. The zero-order valence-electron chi connectivity index (χ0n) is 20.1. The molecule has 2 heterocycles. The molecule has 8 heteroatoms. The standard InChI is InChI=1S/C30H23ClN2O3S2/c31-25-14-11-23-12-16-26(32-28(23)20-25)15-10-21-5-3-7-24(19-21)27-8-2-1-6-22(27)13-17-29(34)33-38(35,36)30-9-4-18-37-30/h1-12,14-16,18-20H,13,17H2,(H,33,34)/p-1/b15-10+. The van der Waals surface area contributed by atoms with E-state index < -0.39 is 15.9 Å². The van der Waals surface area contributed by atoms with Gasteiger partial charge in [-0.15, -0.1) is 11.3 Å². The molecule has 0 spiro atoms. The molecule has 0 bridgehead atoms. The van der Waals surface area contributed by atoms with E-state index >= 15 is 0 Å². The minimum atomic E-state index is -3.96. The number of aromatic nitrogens is 1. The fraction of sp³-hybridized carbons (Fsp3) is 0.0667. The van der Waals surface area contributed by atoms with Gasteiger partial charge in [0.15, 0.2) is 0 Å². The Morgan fingerprint density at radius 2 is 1.79 bits per heavy atom. The lowest BCUT2D eigenvalue weighted by Gasteiger charge is -2.13. The summed E-state index contributed by atoms with van der Waals surface area (Å²) >= 11 is 7.16. The average molecular weight is 558 g/mol. The molecule has 38 heavy (non-hydrogen) atoms. The summed E-state index contributed by atoms with van der Waals surface area (Å²) < 4.78 is 28.1. The lowest BCUT2D eigenvalue weighted by Crippen LogP contribution is -2.20. The van der Waals surface area contributed by atoms with Crippen molar-refractivity contribution in [3.05, 3.63) is 118 Å². The Bertz CT molecular complexity index is 1760. The Morgan fingerprint density at radius 1 is 0.947 bits per heavy atom. The van der Waals surface area contributed by atoms with Gasteiger partial charge in [-0.1, -0.05) is 78.3 Å². The Balaban J connectivity index is 1.34. The van der Waals surface area contributed by atoms with Crippen molar-refractivity contribution in [3.63, 3.8) is 0 Å². The van der Waals surface area contributed by atoms with Gasteiger partial charge in [0.25, 0.3) is 10.0 Å². The summed E-state index contributed by atoms with van der Waals surface area (Å²) in [6.07, 6.45) is 4.34. The van der Waals surface area contributed by atoms with Crippen molar-refractivity contribution in [3.8, 4) is 11.1 Å².